The van der Waals surface area contributed by atoms with Gasteiger partial charge >= 0.3 is 5.82 Å². The Balaban J connectivity index is 3.10. The summed E-state index contributed by atoms with van der Waals surface area (Å²) in [5.74, 6) is -0.244. The molecule has 0 atom stereocenters. The SMILES string of the molecule is CCn1nnc([N+](=O)[O-])c1Br. The molecular formula is C4H5BrN4O2. The van der Waals surface area contributed by atoms with Crippen LogP contribution in [0.1, 0.15) is 6.92 Å². The maximum atomic E-state index is 10.2. The maximum absolute atomic E-state index is 10.2. The summed E-state index contributed by atoms with van der Waals surface area (Å²) in [6.07, 6.45) is 0. The van der Waals surface area contributed by atoms with Crippen molar-refractivity contribution >= 4 is 21.7 Å². The molecule has 0 aliphatic heterocycles. The molecule has 0 spiro atoms. The minimum Gasteiger partial charge on any atom is -0.358 e. The second kappa shape index (κ2) is 2.95. The first kappa shape index (κ1) is 8.12. The lowest BCUT2D eigenvalue weighted by molar-refractivity contribution is -0.390. The summed E-state index contributed by atoms with van der Waals surface area (Å²) in [5, 5.41) is 17.1. The molecule has 1 aromatic heterocycles. The predicted molar refractivity (Wildman–Crippen MR) is 40.1 cm³/mol. The quantitative estimate of drug-likeness (QED) is 0.550. The number of nitrogens with zero attached hydrogens (tertiary/aromatic N) is 4. The fraction of sp³-hybridized carbons (Fsp3) is 0.500. The van der Waals surface area contributed by atoms with Crippen LogP contribution in [0.4, 0.5) is 5.82 Å². The molecule has 1 rings (SSSR count). The molecule has 0 fully saturated rings. The Hall–Kier alpha value is -0.980. The van der Waals surface area contributed by atoms with Crippen molar-refractivity contribution in [3.8, 4) is 0 Å². The highest BCUT2D eigenvalue weighted by Gasteiger charge is 2.19. The van der Waals surface area contributed by atoms with Crippen LogP contribution in [-0.2, 0) is 6.54 Å². The highest BCUT2D eigenvalue weighted by molar-refractivity contribution is 9.10. The molecular weight excluding hydrogens is 216 g/mol. The molecule has 11 heavy (non-hydrogen) atoms. The number of aromatic nitrogens is 3. The van der Waals surface area contributed by atoms with Crippen molar-refractivity contribution < 1.29 is 4.92 Å². The van der Waals surface area contributed by atoms with E-state index in [1.807, 2.05) is 6.92 Å². The van der Waals surface area contributed by atoms with Gasteiger partial charge in [-0.3, -0.25) is 0 Å². The van der Waals surface area contributed by atoms with Gasteiger partial charge in [-0.1, -0.05) is 0 Å². The third-order valence-electron chi connectivity index (χ3n) is 1.13. The number of nitro groups is 1. The molecule has 1 aromatic rings. The number of aryl methyl sites for hydroxylation is 1. The van der Waals surface area contributed by atoms with Crippen LogP contribution >= 0.6 is 15.9 Å². The van der Waals surface area contributed by atoms with E-state index >= 15 is 0 Å². The fourth-order valence-corrected chi connectivity index (χ4v) is 1.15. The van der Waals surface area contributed by atoms with E-state index in [-0.39, 0.29) is 5.82 Å². The number of halogens is 1. The molecule has 0 amide bonds. The van der Waals surface area contributed by atoms with Crippen LogP contribution in [0.25, 0.3) is 0 Å². The summed E-state index contributed by atoms with van der Waals surface area (Å²) in [5.41, 5.74) is 0. The number of rotatable bonds is 2. The van der Waals surface area contributed by atoms with Gasteiger partial charge in [0, 0.05) is 6.54 Å². The topological polar surface area (TPSA) is 73.8 Å². The number of hydrogen-bond acceptors (Lipinski definition) is 4. The van der Waals surface area contributed by atoms with Crippen LogP contribution in [0.2, 0.25) is 0 Å². The first-order valence-electron chi connectivity index (χ1n) is 2.90. The summed E-state index contributed by atoms with van der Waals surface area (Å²) >= 11 is 3.01. The maximum Gasteiger partial charge on any atom is 0.425 e. The van der Waals surface area contributed by atoms with Crippen LogP contribution in [-0.4, -0.2) is 19.9 Å². The molecule has 7 heteroatoms. The lowest BCUT2D eigenvalue weighted by atomic mass is 10.7. The van der Waals surface area contributed by atoms with Crippen molar-refractivity contribution in [2.75, 3.05) is 0 Å². The van der Waals surface area contributed by atoms with Gasteiger partial charge < -0.3 is 10.1 Å². The molecule has 0 aliphatic rings. The van der Waals surface area contributed by atoms with Crippen LogP contribution < -0.4 is 0 Å². The Morgan fingerprint density at radius 3 is 2.73 bits per heavy atom. The van der Waals surface area contributed by atoms with Crippen molar-refractivity contribution in [3.63, 3.8) is 0 Å². The second-order valence-corrected chi connectivity index (χ2v) is 2.53. The Labute approximate surface area is 70.5 Å². The normalized spacial score (nSPS) is 10.0. The summed E-state index contributed by atoms with van der Waals surface area (Å²) in [7, 11) is 0. The summed E-state index contributed by atoms with van der Waals surface area (Å²) in [6.45, 7) is 2.38. The molecule has 0 unspecified atom stereocenters. The van der Waals surface area contributed by atoms with Gasteiger partial charge in [-0.15, -0.1) is 0 Å². The Morgan fingerprint density at radius 1 is 1.82 bits per heavy atom. The van der Waals surface area contributed by atoms with Crippen molar-refractivity contribution in [1.29, 1.82) is 0 Å². The van der Waals surface area contributed by atoms with Crippen LogP contribution in [0.5, 0.6) is 0 Å². The Bertz CT molecular complexity index is 284. The van der Waals surface area contributed by atoms with Gasteiger partial charge in [-0.2, -0.15) is 0 Å². The lowest BCUT2D eigenvalue weighted by Gasteiger charge is -1.90. The van der Waals surface area contributed by atoms with Gasteiger partial charge in [0.25, 0.3) is 0 Å². The van der Waals surface area contributed by atoms with Crippen molar-refractivity contribution in [1.82, 2.24) is 15.0 Å². The van der Waals surface area contributed by atoms with Crippen molar-refractivity contribution in [2.45, 2.75) is 13.5 Å². The monoisotopic (exact) mass is 220 g/mol. The Morgan fingerprint density at radius 2 is 2.45 bits per heavy atom. The van der Waals surface area contributed by atoms with Gasteiger partial charge in [-0.05, 0) is 27.8 Å². The Kier molecular flexibility index (Phi) is 2.18. The minimum atomic E-state index is -0.580. The average Bonchev–Trinajstić information content (AvgIpc) is 2.30. The van der Waals surface area contributed by atoms with Crippen molar-refractivity contribution in [2.24, 2.45) is 0 Å². The molecule has 0 aromatic carbocycles. The molecule has 0 bridgehead atoms. The predicted octanol–water partition coefficient (Wildman–Crippen LogP) is 0.969. The standard InChI is InChI=1S/C4H5BrN4O2/c1-2-8-3(5)4(6-7-8)9(10)11/h2H2,1H3. The van der Waals surface area contributed by atoms with Crippen LogP contribution in [0, 0.1) is 10.1 Å². The summed E-state index contributed by atoms with van der Waals surface area (Å²) < 4.78 is 1.71. The van der Waals surface area contributed by atoms with E-state index in [4.69, 9.17) is 0 Å². The first-order chi connectivity index (χ1) is 5.16. The minimum absolute atomic E-state index is 0.244. The lowest BCUT2D eigenvalue weighted by Crippen LogP contribution is -1.96. The summed E-state index contributed by atoms with van der Waals surface area (Å²) in [6, 6.07) is 0. The largest absolute Gasteiger partial charge is 0.425 e. The third kappa shape index (κ3) is 1.37. The molecule has 0 aliphatic carbocycles. The van der Waals surface area contributed by atoms with Gasteiger partial charge in [-0.25, -0.2) is 4.68 Å². The average molecular weight is 221 g/mol. The van der Waals surface area contributed by atoms with Crippen LogP contribution in [0.15, 0.2) is 4.60 Å². The number of hydrogen-bond donors (Lipinski definition) is 0. The van der Waals surface area contributed by atoms with Gasteiger partial charge in [0.2, 0.25) is 4.60 Å². The smallest absolute Gasteiger partial charge is 0.358 e. The molecule has 0 radical (unpaired) electrons. The molecule has 1 heterocycles. The molecule has 60 valence electrons. The van der Waals surface area contributed by atoms with Crippen molar-refractivity contribution in [3.05, 3.63) is 14.7 Å². The van der Waals surface area contributed by atoms with Gasteiger partial charge in [0.15, 0.2) is 0 Å². The molecule has 6 nitrogen and oxygen atoms in total. The van der Waals surface area contributed by atoms with E-state index < -0.39 is 4.92 Å². The summed E-state index contributed by atoms with van der Waals surface area (Å²) in [4.78, 5) is 9.63. The van der Waals surface area contributed by atoms with E-state index in [1.165, 1.54) is 4.68 Å². The van der Waals surface area contributed by atoms with E-state index in [2.05, 4.69) is 26.2 Å². The van der Waals surface area contributed by atoms with E-state index in [0.29, 0.717) is 11.1 Å². The van der Waals surface area contributed by atoms with Gasteiger partial charge in [0.05, 0.1) is 5.21 Å². The van der Waals surface area contributed by atoms with Gasteiger partial charge in [0.1, 0.15) is 5.10 Å². The third-order valence-corrected chi connectivity index (χ3v) is 1.90. The fourth-order valence-electron chi connectivity index (χ4n) is 0.606. The zero-order valence-electron chi connectivity index (χ0n) is 5.69. The molecule has 0 saturated carbocycles. The van der Waals surface area contributed by atoms with E-state index in [0.717, 1.165) is 0 Å². The second-order valence-electron chi connectivity index (χ2n) is 1.78. The van der Waals surface area contributed by atoms with E-state index in [9.17, 15) is 10.1 Å². The molecule has 0 saturated heterocycles. The zero-order chi connectivity index (χ0) is 8.43. The molecule has 0 N–H and O–H groups in total. The first-order valence-corrected chi connectivity index (χ1v) is 3.69. The highest BCUT2D eigenvalue weighted by atomic mass is 79.9. The van der Waals surface area contributed by atoms with E-state index in [1.54, 1.807) is 0 Å². The van der Waals surface area contributed by atoms with Crippen LogP contribution in [0.3, 0.4) is 0 Å². The highest BCUT2D eigenvalue weighted by Crippen LogP contribution is 2.20. The zero-order valence-corrected chi connectivity index (χ0v) is 7.28.